The number of hydrogen-bond acceptors (Lipinski definition) is 0. The minimum Gasteiger partial charge on any atom is -0.313 e. The maximum absolute atomic E-state index is 2.53. The Balaban J connectivity index is 0.946. The monoisotopic (exact) mass is 790 g/mol. The molecule has 0 saturated heterocycles. The number of fused-ring (bicyclic) bond motifs is 13. The van der Waals surface area contributed by atoms with Crippen LogP contribution in [-0.4, -0.2) is 18.3 Å². The molecule has 4 aromatic heterocycles. The van der Waals surface area contributed by atoms with Gasteiger partial charge in [0.05, 0.1) is 50.0 Å². The number of para-hydroxylation sites is 5. The van der Waals surface area contributed by atoms with Gasteiger partial charge >= 0.3 is 0 Å². The van der Waals surface area contributed by atoms with Gasteiger partial charge in [0, 0.05) is 60.3 Å². The molecule has 1 aliphatic carbocycles. The molecule has 4 heterocycles. The number of hydrogen-bond donors (Lipinski definition) is 0. The third-order valence-electron chi connectivity index (χ3n) is 13.6. The van der Waals surface area contributed by atoms with Gasteiger partial charge in [0.2, 0.25) is 0 Å². The minimum atomic E-state index is 0.995. The van der Waals surface area contributed by atoms with Gasteiger partial charge in [-0.15, -0.1) is 0 Å². The molecule has 0 bridgehead atoms. The van der Waals surface area contributed by atoms with E-state index >= 15 is 0 Å². The standard InChI is InChI=1S/C58H38N4/c1-7-21-47-41(15-1)42-16-2-8-22-48(42)61(47)55-29-13-27-53-57(55)45-19-5-11-25-51(45)59(53)39-33-31-38-36-40(34-32-37(38)35-39)60-52-26-12-6-20-46(52)58-54(60)28-14-30-56(58)62-49-23-9-3-17-43(49)44-18-4-10-24-50(44)62/h1-11,13-25,27-36H,12,26H2. The minimum absolute atomic E-state index is 0.995. The van der Waals surface area contributed by atoms with E-state index in [1.165, 1.54) is 115 Å². The highest BCUT2D eigenvalue weighted by atomic mass is 15.0. The van der Waals surface area contributed by atoms with Gasteiger partial charge in [0.25, 0.3) is 0 Å². The highest BCUT2D eigenvalue weighted by molar-refractivity contribution is 6.17. The zero-order valence-corrected chi connectivity index (χ0v) is 33.8. The molecule has 13 aromatic rings. The Morgan fingerprint density at radius 2 is 0.742 bits per heavy atom. The van der Waals surface area contributed by atoms with Gasteiger partial charge in [0.15, 0.2) is 0 Å². The molecule has 9 aromatic carbocycles. The molecule has 0 aliphatic heterocycles. The summed E-state index contributed by atoms with van der Waals surface area (Å²) in [5, 5.41) is 11.3. The Morgan fingerprint density at radius 1 is 0.323 bits per heavy atom. The summed E-state index contributed by atoms with van der Waals surface area (Å²) in [6.07, 6.45) is 6.73. The zero-order valence-electron chi connectivity index (χ0n) is 33.8. The first kappa shape index (κ1) is 33.7. The van der Waals surface area contributed by atoms with Crippen molar-refractivity contribution in [2.45, 2.75) is 12.8 Å². The molecule has 0 radical (unpaired) electrons. The molecule has 4 nitrogen and oxygen atoms in total. The summed E-state index contributed by atoms with van der Waals surface area (Å²) >= 11 is 0. The lowest BCUT2D eigenvalue weighted by atomic mass is 10.0. The summed E-state index contributed by atoms with van der Waals surface area (Å²) < 4.78 is 9.91. The van der Waals surface area contributed by atoms with E-state index in [0.717, 1.165) is 18.5 Å². The van der Waals surface area contributed by atoms with Crippen molar-refractivity contribution < 1.29 is 0 Å². The summed E-state index contributed by atoms with van der Waals surface area (Å²) in [5.74, 6) is 0. The molecule has 1 aliphatic rings. The van der Waals surface area contributed by atoms with Crippen LogP contribution < -0.4 is 0 Å². The quantitative estimate of drug-likeness (QED) is 0.169. The van der Waals surface area contributed by atoms with E-state index in [1.807, 2.05) is 0 Å². The normalized spacial score (nSPS) is 13.0. The number of allylic oxidation sites excluding steroid dienone is 1. The van der Waals surface area contributed by atoms with Crippen LogP contribution in [0.25, 0.3) is 116 Å². The predicted octanol–water partition coefficient (Wildman–Crippen LogP) is 15.0. The molecule has 290 valence electrons. The van der Waals surface area contributed by atoms with E-state index < -0.39 is 0 Å². The van der Waals surface area contributed by atoms with Gasteiger partial charge in [-0.1, -0.05) is 127 Å². The van der Waals surface area contributed by atoms with Gasteiger partial charge in [0.1, 0.15) is 0 Å². The fourth-order valence-corrected chi connectivity index (χ4v) is 11.1. The van der Waals surface area contributed by atoms with E-state index in [0.29, 0.717) is 0 Å². The molecule has 0 amide bonds. The average molecular weight is 791 g/mol. The van der Waals surface area contributed by atoms with Crippen molar-refractivity contribution in [3.63, 3.8) is 0 Å². The Morgan fingerprint density at radius 3 is 1.27 bits per heavy atom. The maximum Gasteiger partial charge on any atom is 0.0562 e. The fraction of sp³-hybridized carbons (Fsp3) is 0.0345. The third kappa shape index (κ3) is 4.55. The van der Waals surface area contributed by atoms with Gasteiger partial charge in [-0.2, -0.15) is 0 Å². The summed E-state index contributed by atoms with van der Waals surface area (Å²) in [6.45, 7) is 0. The second kappa shape index (κ2) is 12.7. The Hall–Kier alpha value is -8.08. The number of benzene rings is 9. The van der Waals surface area contributed by atoms with E-state index in [9.17, 15) is 0 Å². The number of rotatable bonds is 4. The van der Waals surface area contributed by atoms with Crippen molar-refractivity contribution in [3.8, 4) is 22.7 Å². The lowest BCUT2D eigenvalue weighted by Gasteiger charge is -2.15. The number of nitrogens with zero attached hydrogens (tertiary/aromatic N) is 4. The van der Waals surface area contributed by atoms with Crippen LogP contribution in [0.4, 0.5) is 0 Å². The maximum atomic E-state index is 2.53. The first-order valence-electron chi connectivity index (χ1n) is 21.7. The molecule has 0 fully saturated rings. The van der Waals surface area contributed by atoms with Crippen molar-refractivity contribution in [2.24, 2.45) is 0 Å². The molecule has 0 atom stereocenters. The van der Waals surface area contributed by atoms with Crippen LogP contribution in [-0.2, 0) is 6.42 Å². The third-order valence-corrected chi connectivity index (χ3v) is 13.6. The largest absolute Gasteiger partial charge is 0.313 e. The van der Waals surface area contributed by atoms with Crippen LogP contribution in [0.5, 0.6) is 0 Å². The van der Waals surface area contributed by atoms with E-state index in [-0.39, 0.29) is 0 Å². The summed E-state index contributed by atoms with van der Waals surface area (Å²) in [4.78, 5) is 0. The molecule has 0 N–H and O–H groups in total. The second-order valence-electron chi connectivity index (χ2n) is 16.8. The van der Waals surface area contributed by atoms with Crippen LogP contribution in [0.1, 0.15) is 17.7 Å². The van der Waals surface area contributed by atoms with Gasteiger partial charge in [-0.25, -0.2) is 0 Å². The second-order valence-corrected chi connectivity index (χ2v) is 16.8. The Bertz CT molecular complexity index is 3940. The first-order chi connectivity index (χ1) is 30.8. The highest BCUT2D eigenvalue weighted by Crippen LogP contribution is 2.43. The fourth-order valence-electron chi connectivity index (χ4n) is 11.1. The molecule has 0 saturated carbocycles. The highest BCUT2D eigenvalue weighted by Gasteiger charge is 2.24. The average Bonchev–Trinajstić information content (AvgIpc) is 4.06. The van der Waals surface area contributed by atoms with E-state index in [1.54, 1.807) is 0 Å². The van der Waals surface area contributed by atoms with Crippen molar-refractivity contribution >= 4 is 93.2 Å². The molecular formula is C58H38N4. The van der Waals surface area contributed by atoms with Crippen molar-refractivity contribution in [2.75, 3.05) is 0 Å². The smallest absolute Gasteiger partial charge is 0.0562 e. The van der Waals surface area contributed by atoms with Crippen LogP contribution in [0, 0.1) is 0 Å². The van der Waals surface area contributed by atoms with Crippen LogP contribution in [0.15, 0.2) is 200 Å². The SMILES string of the molecule is C1=Cc2c(n(-c3ccc4cc(-n5c6ccccc6c6c(-n7c8ccccc8c8ccccc87)cccc65)ccc4c3)c3cccc(-n4c5ccccc5c5ccccc54)c23)CC1. The lowest BCUT2D eigenvalue weighted by molar-refractivity contribution is 0.889. The van der Waals surface area contributed by atoms with E-state index in [2.05, 4.69) is 225 Å². The van der Waals surface area contributed by atoms with Gasteiger partial charge in [-0.3, -0.25) is 0 Å². The van der Waals surface area contributed by atoms with Crippen molar-refractivity contribution in [1.82, 2.24) is 18.3 Å². The van der Waals surface area contributed by atoms with Crippen molar-refractivity contribution in [3.05, 3.63) is 211 Å². The molecule has 0 spiro atoms. The number of aromatic nitrogens is 4. The van der Waals surface area contributed by atoms with Crippen LogP contribution >= 0.6 is 0 Å². The molecule has 14 rings (SSSR count). The van der Waals surface area contributed by atoms with Crippen molar-refractivity contribution in [1.29, 1.82) is 0 Å². The molecular weight excluding hydrogens is 753 g/mol. The Labute approximate surface area is 357 Å². The topological polar surface area (TPSA) is 19.7 Å². The van der Waals surface area contributed by atoms with Gasteiger partial charge < -0.3 is 18.3 Å². The molecule has 62 heavy (non-hydrogen) atoms. The zero-order chi connectivity index (χ0) is 40.5. The lowest BCUT2D eigenvalue weighted by Crippen LogP contribution is -2.03. The van der Waals surface area contributed by atoms with E-state index in [4.69, 9.17) is 0 Å². The summed E-state index contributed by atoms with van der Waals surface area (Å²) in [5.41, 5.74) is 16.0. The first-order valence-corrected chi connectivity index (χ1v) is 21.7. The summed E-state index contributed by atoms with van der Waals surface area (Å²) in [7, 11) is 0. The van der Waals surface area contributed by atoms with Crippen LogP contribution in [0.3, 0.4) is 0 Å². The molecule has 4 heteroatoms. The Kier molecular flexibility index (Phi) is 6.92. The molecule has 0 unspecified atom stereocenters. The van der Waals surface area contributed by atoms with Crippen LogP contribution in [0.2, 0.25) is 0 Å². The van der Waals surface area contributed by atoms with Gasteiger partial charge in [-0.05, 0) is 102 Å². The predicted molar refractivity (Wildman–Crippen MR) is 261 cm³/mol. The summed E-state index contributed by atoms with van der Waals surface area (Å²) in [6, 6.07) is 71.7.